The number of hydrogen-bond acceptors (Lipinski definition) is 4. The van der Waals surface area contributed by atoms with Crippen LogP contribution in [0.2, 0.25) is 0 Å². The number of nitrogens with one attached hydrogen (secondary N) is 1. The maximum absolute atomic E-state index is 11.4. The fourth-order valence-electron chi connectivity index (χ4n) is 1.26. The Kier molecular flexibility index (Phi) is 3.23. The van der Waals surface area contributed by atoms with Crippen molar-refractivity contribution in [3.63, 3.8) is 0 Å². The van der Waals surface area contributed by atoms with Crippen LogP contribution < -0.4 is 4.72 Å². The van der Waals surface area contributed by atoms with Gasteiger partial charge in [-0.1, -0.05) is 0 Å². The molecule has 1 rings (SSSR count). The predicted molar refractivity (Wildman–Crippen MR) is 54.3 cm³/mol. The van der Waals surface area contributed by atoms with E-state index in [2.05, 4.69) is 4.72 Å². The molecule has 0 bridgehead atoms. The van der Waals surface area contributed by atoms with Gasteiger partial charge in [-0.15, -0.1) is 0 Å². The monoisotopic (exact) mass is 241 g/mol. The standard InChI is InChI=1S/C7H15NO4S2/c1-6(2)14(11,12)8-7-3-4-13(9,10)5-7/h6-8H,3-5H2,1-2H3. The fourth-order valence-corrected chi connectivity index (χ4v) is 3.97. The van der Waals surface area contributed by atoms with Gasteiger partial charge in [0, 0.05) is 6.04 Å². The van der Waals surface area contributed by atoms with Crippen molar-refractivity contribution in [3.8, 4) is 0 Å². The first-order valence-corrected chi connectivity index (χ1v) is 7.81. The maximum Gasteiger partial charge on any atom is 0.214 e. The van der Waals surface area contributed by atoms with Gasteiger partial charge in [-0.3, -0.25) is 0 Å². The van der Waals surface area contributed by atoms with Crippen molar-refractivity contribution in [2.75, 3.05) is 11.5 Å². The molecule has 0 amide bonds. The van der Waals surface area contributed by atoms with E-state index < -0.39 is 31.2 Å². The highest BCUT2D eigenvalue weighted by Gasteiger charge is 2.31. The zero-order chi connectivity index (χ0) is 11.0. The minimum atomic E-state index is -3.35. The van der Waals surface area contributed by atoms with Gasteiger partial charge in [-0.25, -0.2) is 21.6 Å². The first-order valence-electron chi connectivity index (χ1n) is 4.44. The lowest BCUT2D eigenvalue weighted by Gasteiger charge is -2.13. The van der Waals surface area contributed by atoms with Gasteiger partial charge in [0.15, 0.2) is 9.84 Å². The first kappa shape index (κ1) is 11.9. The molecule has 0 radical (unpaired) electrons. The Balaban J connectivity index is 2.65. The molecule has 1 saturated heterocycles. The van der Waals surface area contributed by atoms with Crippen LogP contribution in [0.25, 0.3) is 0 Å². The Hall–Kier alpha value is -0.140. The second-order valence-corrected chi connectivity index (χ2v) is 8.31. The van der Waals surface area contributed by atoms with Crippen LogP contribution in [0.5, 0.6) is 0 Å². The van der Waals surface area contributed by atoms with Crippen molar-refractivity contribution in [2.24, 2.45) is 0 Å². The third-order valence-electron chi connectivity index (χ3n) is 2.18. The molecule has 14 heavy (non-hydrogen) atoms. The Labute approximate surface area is 84.9 Å². The van der Waals surface area contributed by atoms with Crippen molar-refractivity contribution in [1.29, 1.82) is 0 Å². The molecule has 1 unspecified atom stereocenters. The summed E-state index contributed by atoms with van der Waals surface area (Å²) in [5.41, 5.74) is 0. The van der Waals surface area contributed by atoms with Crippen molar-refractivity contribution in [3.05, 3.63) is 0 Å². The van der Waals surface area contributed by atoms with Crippen LogP contribution >= 0.6 is 0 Å². The molecule has 0 saturated carbocycles. The Morgan fingerprint density at radius 2 is 1.93 bits per heavy atom. The summed E-state index contributed by atoms with van der Waals surface area (Å²) in [6.45, 7) is 3.12. The summed E-state index contributed by atoms with van der Waals surface area (Å²) >= 11 is 0. The molecule has 0 spiro atoms. The van der Waals surface area contributed by atoms with E-state index in [1.165, 1.54) is 0 Å². The van der Waals surface area contributed by atoms with Gasteiger partial charge in [0.25, 0.3) is 0 Å². The van der Waals surface area contributed by atoms with Crippen molar-refractivity contribution < 1.29 is 16.8 Å². The zero-order valence-electron chi connectivity index (χ0n) is 8.23. The van der Waals surface area contributed by atoms with Gasteiger partial charge in [-0.2, -0.15) is 0 Å². The lowest BCUT2D eigenvalue weighted by molar-refractivity contribution is 0.554. The summed E-state index contributed by atoms with van der Waals surface area (Å²) in [5, 5.41) is -0.522. The third-order valence-corrected chi connectivity index (χ3v) is 5.85. The smallest absolute Gasteiger partial charge is 0.214 e. The SMILES string of the molecule is CC(C)S(=O)(=O)NC1CCS(=O)(=O)C1. The molecule has 7 heteroatoms. The molecule has 1 aliphatic heterocycles. The van der Waals surface area contributed by atoms with E-state index in [4.69, 9.17) is 0 Å². The molecule has 5 nitrogen and oxygen atoms in total. The highest BCUT2D eigenvalue weighted by Crippen LogP contribution is 2.13. The molecular formula is C7H15NO4S2. The summed E-state index contributed by atoms with van der Waals surface area (Å²) in [6, 6.07) is -0.438. The van der Waals surface area contributed by atoms with Gasteiger partial charge >= 0.3 is 0 Å². The van der Waals surface area contributed by atoms with E-state index in [0.29, 0.717) is 6.42 Å². The second kappa shape index (κ2) is 3.79. The van der Waals surface area contributed by atoms with Gasteiger partial charge < -0.3 is 0 Å². The number of sulfone groups is 1. The van der Waals surface area contributed by atoms with Crippen LogP contribution in [0, 0.1) is 0 Å². The van der Waals surface area contributed by atoms with Crippen LogP contribution in [0.3, 0.4) is 0 Å². The van der Waals surface area contributed by atoms with E-state index in [-0.39, 0.29) is 11.5 Å². The van der Waals surface area contributed by atoms with Crippen LogP contribution in [-0.2, 0) is 19.9 Å². The molecule has 0 aromatic carbocycles. The second-order valence-electron chi connectivity index (χ2n) is 3.81. The van der Waals surface area contributed by atoms with Crippen LogP contribution in [0.1, 0.15) is 20.3 Å². The van der Waals surface area contributed by atoms with E-state index in [9.17, 15) is 16.8 Å². The topological polar surface area (TPSA) is 80.3 Å². The first-order chi connectivity index (χ1) is 6.23. The molecule has 1 aliphatic rings. The van der Waals surface area contributed by atoms with Crippen molar-refractivity contribution >= 4 is 19.9 Å². The van der Waals surface area contributed by atoms with Crippen LogP contribution in [0.4, 0.5) is 0 Å². The average molecular weight is 241 g/mol. The third kappa shape index (κ3) is 2.93. The lowest BCUT2D eigenvalue weighted by atomic mass is 10.3. The minimum Gasteiger partial charge on any atom is -0.229 e. The molecule has 1 fully saturated rings. The molecule has 1 heterocycles. The van der Waals surface area contributed by atoms with Gasteiger partial charge in [0.2, 0.25) is 10.0 Å². The Bertz CT molecular complexity index is 395. The number of sulfonamides is 1. The Morgan fingerprint density at radius 1 is 1.36 bits per heavy atom. The average Bonchev–Trinajstić information content (AvgIpc) is 2.28. The highest BCUT2D eigenvalue weighted by atomic mass is 32.2. The van der Waals surface area contributed by atoms with Crippen LogP contribution in [-0.4, -0.2) is 39.6 Å². The van der Waals surface area contributed by atoms with E-state index in [0.717, 1.165) is 0 Å². The molecular weight excluding hydrogens is 226 g/mol. The molecule has 1 N–H and O–H groups in total. The summed E-state index contributed by atoms with van der Waals surface area (Å²) in [4.78, 5) is 0. The summed E-state index contributed by atoms with van der Waals surface area (Å²) in [6.07, 6.45) is 0.383. The maximum atomic E-state index is 11.4. The van der Waals surface area contributed by atoms with E-state index >= 15 is 0 Å². The molecule has 0 aromatic heterocycles. The zero-order valence-corrected chi connectivity index (χ0v) is 9.86. The molecule has 1 atom stereocenters. The van der Waals surface area contributed by atoms with E-state index in [1.807, 2.05) is 0 Å². The quantitative estimate of drug-likeness (QED) is 0.722. The van der Waals surface area contributed by atoms with Gasteiger partial charge in [-0.05, 0) is 20.3 Å². The summed E-state index contributed by atoms with van der Waals surface area (Å²) < 4.78 is 47.3. The fraction of sp³-hybridized carbons (Fsp3) is 1.00. The minimum absolute atomic E-state index is 0.0705. The summed E-state index contributed by atoms with van der Waals surface area (Å²) in [7, 11) is -6.37. The number of hydrogen-bond donors (Lipinski definition) is 1. The lowest BCUT2D eigenvalue weighted by Crippen LogP contribution is -2.39. The number of rotatable bonds is 3. The van der Waals surface area contributed by atoms with E-state index in [1.54, 1.807) is 13.8 Å². The largest absolute Gasteiger partial charge is 0.229 e. The molecule has 0 aromatic rings. The van der Waals surface area contributed by atoms with Crippen molar-refractivity contribution in [2.45, 2.75) is 31.6 Å². The van der Waals surface area contributed by atoms with Crippen LogP contribution in [0.15, 0.2) is 0 Å². The van der Waals surface area contributed by atoms with Gasteiger partial charge in [0.1, 0.15) is 0 Å². The highest BCUT2D eigenvalue weighted by molar-refractivity contribution is 7.92. The Morgan fingerprint density at radius 3 is 2.29 bits per heavy atom. The summed E-state index contributed by atoms with van der Waals surface area (Å²) in [5.74, 6) is 0.0111. The van der Waals surface area contributed by atoms with Crippen molar-refractivity contribution in [1.82, 2.24) is 4.72 Å². The predicted octanol–water partition coefficient (Wildman–Crippen LogP) is -0.499. The molecule has 84 valence electrons. The van der Waals surface area contributed by atoms with Gasteiger partial charge in [0.05, 0.1) is 16.8 Å². The normalized spacial score (nSPS) is 26.9. The molecule has 0 aliphatic carbocycles.